The van der Waals surface area contributed by atoms with Gasteiger partial charge in [-0.3, -0.25) is 24.2 Å². The van der Waals surface area contributed by atoms with Gasteiger partial charge < -0.3 is 9.64 Å². The van der Waals surface area contributed by atoms with E-state index in [-0.39, 0.29) is 30.6 Å². The summed E-state index contributed by atoms with van der Waals surface area (Å²) >= 11 is 0. The summed E-state index contributed by atoms with van der Waals surface area (Å²) in [5.74, 6) is 0.793. The summed E-state index contributed by atoms with van der Waals surface area (Å²) in [4.78, 5) is 57.1. The fourth-order valence-electron chi connectivity index (χ4n) is 6.12. The summed E-state index contributed by atoms with van der Waals surface area (Å²) in [5.41, 5.74) is 2.40. The summed E-state index contributed by atoms with van der Waals surface area (Å²) in [6.07, 6.45) is 7.99. The second-order valence-electron chi connectivity index (χ2n) is 11.1. The number of nitrogens with zero attached hydrogens (tertiary/aromatic N) is 3. The first-order valence-corrected chi connectivity index (χ1v) is 14.3. The summed E-state index contributed by atoms with van der Waals surface area (Å²) in [6, 6.07) is 14.2. The highest BCUT2D eigenvalue weighted by atomic mass is 16.6. The minimum Gasteiger partial charge on any atom is -0.410 e. The Morgan fingerprint density at radius 2 is 1.75 bits per heavy atom. The molecule has 2 aromatic carbocycles. The minimum absolute atomic E-state index is 0.0582. The van der Waals surface area contributed by atoms with Crippen molar-refractivity contribution < 1.29 is 23.9 Å². The number of hydrogen-bond acceptors (Lipinski definition) is 5. The lowest BCUT2D eigenvalue weighted by Crippen LogP contribution is -2.60. The van der Waals surface area contributed by atoms with E-state index in [0.29, 0.717) is 42.4 Å². The topological polar surface area (TPSA) is 87.2 Å². The monoisotopic (exact) mass is 543 g/mol. The van der Waals surface area contributed by atoms with Crippen LogP contribution in [0.2, 0.25) is 0 Å². The van der Waals surface area contributed by atoms with Gasteiger partial charge in [0.15, 0.2) is 5.78 Å². The Labute approximate surface area is 235 Å². The fourth-order valence-corrected chi connectivity index (χ4v) is 6.12. The van der Waals surface area contributed by atoms with Crippen LogP contribution in [0.25, 0.3) is 0 Å². The highest BCUT2D eigenvalue weighted by Crippen LogP contribution is 2.35. The smallest absolute Gasteiger partial charge is 0.410 e. The van der Waals surface area contributed by atoms with Gasteiger partial charge in [-0.05, 0) is 61.9 Å². The Hall–Kier alpha value is -3.94. The standard InChI is InChI=1S/C32H37N3O5/c1-22-19-26(13-14-27(22)23(2)36)40-32(39)34-18-16-30(37)35-28(20-25-11-7-4-8-12-25)31(38)33(21-29(34)35)17-15-24-9-5-3-6-10-24/h3,5-6,9-10,13-14,19,21,25,28H,4,7-8,11-12,15-18,20H2,1-2H3/t28-/m0/s1. The zero-order valence-electron chi connectivity index (χ0n) is 23.3. The summed E-state index contributed by atoms with van der Waals surface area (Å²) in [5, 5.41) is 0. The van der Waals surface area contributed by atoms with Gasteiger partial charge in [-0.1, -0.05) is 62.4 Å². The van der Waals surface area contributed by atoms with E-state index in [0.717, 1.165) is 36.8 Å². The molecule has 0 bridgehead atoms. The molecule has 3 amide bonds. The molecule has 1 aliphatic carbocycles. The molecule has 8 nitrogen and oxygen atoms in total. The van der Waals surface area contributed by atoms with Crippen molar-refractivity contribution in [1.82, 2.24) is 14.7 Å². The number of carbonyl (C=O) groups excluding carboxylic acids is 4. The van der Waals surface area contributed by atoms with Crippen molar-refractivity contribution >= 4 is 23.7 Å². The predicted octanol–water partition coefficient (Wildman–Crippen LogP) is 5.45. The van der Waals surface area contributed by atoms with Crippen molar-refractivity contribution in [3.05, 3.63) is 77.2 Å². The Bertz CT molecular complexity index is 1320. The maximum Gasteiger partial charge on any atom is 0.420 e. The maximum absolute atomic E-state index is 13.8. The number of benzene rings is 2. The van der Waals surface area contributed by atoms with Crippen LogP contribution in [-0.4, -0.2) is 57.5 Å². The van der Waals surface area contributed by atoms with Crippen LogP contribution in [0.3, 0.4) is 0 Å². The van der Waals surface area contributed by atoms with E-state index in [9.17, 15) is 19.2 Å². The second-order valence-corrected chi connectivity index (χ2v) is 11.1. The SMILES string of the molecule is CC(=O)c1ccc(OC(=O)N2CCC(=O)N3C2=CN(CCc2ccccc2)C(=O)[C@@H]3CC2CCCCC2)cc1C. The zero-order chi connectivity index (χ0) is 28.2. The normalized spacial score (nSPS) is 19.8. The molecule has 2 aliphatic heterocycles. The minimum atomic E-state index is -0.640. The van der Waals surface area contributed by atoms with Gasteiger partial charge in [-0.2, -0.15) is 0 Å². The molecule has 0 N–H and O–H groups in total. The van der Waals surface area contributed by atoms with Gasteiger partial charge in [0.05, 0.1) is 0 Å². The molecular weight excluding hydrogens is 506 g/mol. The third-order valence-corrected chi connectivity index (χ3v) is 8.26. The summed E-state index contributed by atoms with van der Waals surface area (Å²) < 4.78 is 5.72. The molecule has 0 radical (unpaired) electrons. The van der Waals surface area contributed by atoms with Crippen LogP contribution in [0.1, 0.15) is 73.4 Å². The van der Waals surface area contributed by atoms with Gasteiger partial charge in [-0.15, -0.1) is 0 Å². The van der Waals surface area contributed by atoms with Crippen LogP contribution in [-0.2, 0) is 16.0 Å². The molecular formula is C32H37N3O5. The molecule has 3 aliphatic rings. The van der Waals surface area contributed by atoms with Crippen molar-refractivity contribution in [2.24, 2.45) is 5.92 Å². The lowest BCUT2D eigenvalue weighted by molar-refractivity contribution is -0.149. The van der Waals surface area contributed by atoms with Gasteiger partial charge in [0.1, 0.15) is 17.6 Å². The quantitative estimate of drug-likeness (QED) is 0.433. The van der Waals surface area contributed by atoms with Crippen LogP contribution >= 0.6 is 0 Å². The van der Waals surface area contributed by atoms with Crippen LogP contribution in [0.15, 0.2) is 60.6 Å². The van der Waals surface area contributed by atoms with E-state index in [1.54, 1.807) is 41.1 Å². The van der Waals surface area contributed by atoms with Crippen molar-refractivity contribution in [1.29, 1.82) is 0 Å². The number of Topliss-reactive ketones (excluding diaryl/α,β-unsaturated/α-hetero) is 1. The first kappa shape index (κ1) is 27.6. The van der Waals surface area contributed by atoms with Crippen molar-refractivity contribution in [3.8, 4) is 5.75 Å². The first-order valence-electron chi connectivity index (χ1n) is 14.3. The molecule has 40 heavy (non-hydrogen) atoms. The van der Waals surface area contributed by atoms with Gasteiger partial charge in [0.25, 0.3) is 0 Å². The highest BCUT2D eigenvalue weighted by Gasteiger charge is 2.45. The molecule has 1 atom stereocenters. The van der Waals surface area contributed by atoms with Crippen LogP contribution < -0.4 is 4.74 Å². The number of amides is 3. The molecule has 2 heterocycles. The third-order valence-electron chi connectivity index (χ3n) is 8.26. The Kier molecular flexibility index (Phi) is 8.33. The Morgan fingerprint density at radius 1 is 1.00 bits per heavy atom. The van der Waals surface area contributed by atoms with Crippen molar-refractivity contribution in [2.75, 3.05) is 13.1 Å². The first-order chi connectivity index (χ1) is 19.3. The van der Waals surface area contributed by atoms with E-state index in [1.807, 2.05) is 30.3 Å². The molecule has 210 valence electrons. The van der Waals surface area contributed by atoms with E-state index in [2.05, 4.69) is 0 Å². The predicted molar refractivity (Wildman–Crippen MR) is 150 cm³/mol. The molecule has 1 saturated carbocycles. The molecule has 0 unspecified atom stereocenters. The number of ether oxygens (including phenoxy) is 1. The molecule has 0 aromatic heterocycles. The molecule has 5 rings (SSSR count). The maximum atomic E-state index is 13.8. The molecule has 8 heteroatoms. The molecule has 2 aromatic rings. The van der Waals surface area contributed by atoms with E-state index >= 15 is 0 Å². The summed E-state index contributed by atoms with van der Waals surface area (Å²) in [7, 11) is 0. The highest BCUT2D eigenvalue weighted by molar-refractivity contribution is 5.96. The number of rotatable bonds is 7. The number of ketones is 1. The van der Waals surface area contributed by atoms with Crippen molar-refractivity contribution in [3.63, 3.8) is 0 Å². The van der Waals surface area contributed by atoms with E-state index in [4.69, 9.17) is 4.74 Å². The average Bonchev–Trinajstić information content (AvgIpc) is 2.94. The third kappa shape index (κ3) is 5.96. The van der Waals surface area contributed by atoms with Gasteiger partial charge in [0, 0.05) is 31.3 Å². The molecule has 2 fully saturated rings. The summed E-state index contributed by atoms with van der Waals surface area (Å²) in [6.45, 7) is 3.91. The molecule has 1 saturated heterocycles. The zero-order valence-corrected chi connectivity index (χ0v) is 23.3. The lowest BCUT2D eigenvalue weighted by atomic mass is 9.83. The van der Waals surface area contributed by atoms with Crippen molar-refractivity contribution in [2.45, 2.75) is 71.3 Å². The number of fused-ring (bicyclic) bond motifs is 1. The number of aryl methyl sites for hydroxylation is 1. The van der Waals surface area contributed by atoms with Crippen LogP contribution in [0, 0.1) is 12.8 Å². The molecule has 0 spiro atoms. The fraction of sp³-hybridized carbons (Fsp3) is 0.438. The largest absolute Gasteiger partial charge is 0.420 e. The number of hydrogen-bond donors (Lipinski definition) is 0. The van der Waals surface area contributed by atoms with Gasteiger partial charge in [0.2, 0.25) is 11.8 Å². The Balaban J connectivity index is 1.42. The van der Waals surface area contributed by atoms with Gasteiger partial charge >= 0.3 is 6.09 Å². The number of carbonyl (C=O) groups is 4. The second kappa shape index (κ2) is 12.1. The average molecular weight is 544 g/mol. The Morgan fingerprint density at radius 3 is 2.45 bits per heavy atom. The van der Waals surface area contributed by atoms with Crippen LogP contribution in [0.4, 0.5) is 4.79 Å². The lowest BCUT2D eigenvalue weighted by Gasteiger charge is -2.46. The van der Waals surface area contributed by atoms with Crippen LogP contribution in [0.5, 0.6) is 5.75 Å². The van der Waals surface area contributed by atoms with Gasteiger partial charge in [-0.25, -0.2) is 4.79 Å². The van der Waals surface area contributed by atoms with E-state index < -0.39 is 12.1 Å². The van der Waals surface area contributed by atoms with E-state index in [1.165, 1.54) is 18.2 Å².